The van der Waals surface area contributed by atoms with E-state index < -0.39 is 0 Å². The third-order valence-electron chi connectivity index (χ3n) is 5.25. The highest BCUT2D eigenvalue weighted by Crippen LogP contribution is 2.40. The third kappa shape index (κ3) is 1.31. The van der Waals surface area contributed by atoms with Crippen molar-refractivity contribution in [1.82, 2.24) is 4.98 Å². The van der Waals surface area contributed by atoms with Crippen LogP contribution in [-0.2, 0) is 12.8 Å². The summed E-state index contributed by atoms with van der Waals surface area (Å²) in [4.78, 5) is 3.61. The van der Waals surface area contributed by atoms with Crippen molar-refractivity contribution in [3.8, 4) is 0 Å². The maximum absolute atomic E-state index is 3.61. The predicted octanol–water partition coefficient (Wildman–Crippen LogP) is 5.19. The summed E-state index contributed by atoms with van der Waals surface area (Å²) >= 11 is 0. The van der Waals surface area contributed by atoms with Crippen molar-refractivity contribution in [3.05, 3.63) is 58.8 Å². The summed E-state index contributed by atoms with van der Waals surface area (Å²) in [7, 11) is 0. The van der Waals surface area contributed by atoms with Crippen molar-refractivity contribution in [2.45, 2.75) is 26.7 Å². The number of H-pyrrole nitrogens is 1. The molecule has 0 fully saturated rings. The van der Waals surface area contributed by atoms with Gasteiger partial charge in [0.05, 0.1) is 5.52 Å². The molecule has 0 amide bonds. The average Bonchev–Trinajstić information content (AvgIpc) is 2.80. The molecule has 1 aromatic heterocycles. The van der Waals surface area contributed by atoms with Crippen LogP contribution < -0.4 is 0 Å². The van der Waals surface area contributed by atoms with Crippen LogP contribution >= 0.6 is 0 Å². The van der Waals surface area contributed by atoms with E-state index in [1.807, 2.05) is 0 Å². The van der Waals surface area contributed by atoms with Gasteiger partial charge >= 0.3 is 0 Å². The molecule has 1 aliphatic carbocycles. The summed E-state index contributed by atoms with van der Waals surface area (Å²) in [5.41, 5.74) is 7.01. The fourth-order valence-corrected chi connectivity index (χ4v) is 4.05. The summed E-state index contributed by atoms with van der Waals surface area (Å²) in [6.07, 6.45) is 2.32. The van der Waals surface area contributed by atoms with Crippen molar-refractivity contribution in [1.29, 1.82) is 0 Å². The van der Waals surface area contributed by atoms with Crippen LogP contribution in [0.15, 0.2) is 36.4 Å². The number of hydrogen-bond acceptors (Lipinski definition) is 0. The largest absolute Gasteiger partial charge is 0.358 e. The minimum atomic E-state index is 1.16. The van der Waals surface area contributed by atoms with E-state index in [4.69, 9.17) is 0 Å². The molecule has 5 rings (SSSR count). The molecule has 4 aromatic rings. The van der Waals surface area contributed by atoms with Gasteiger partial charge in [-0.05, 0) is 65.6 Å². The number of nitrogens with one attached hydrogen (secondary N) is 1. The molecule has 21 heavy (non-hydrogen) atoms. The SMILES string of the molecule is Cc1[nH]c2c(cc3c4c2ccc2cccc(c24)CC3)c1C. The monoisotopic (exact) mass is 271 g/mol. The lowest BCUT2D eigenvalue weighted by Crippen LogP contribution is -2.01. The van der Waals surface area contributed by atoms with Gasteiger partial charge in [0.1, 0.15) is 0 Å². The molecule has 0 bridgehead atoms. The van der Waals surface area contributed by atoms with E-state index >= 15 is 0 Å². The van der Waals surface area contributed by atoms with Gasteiger partial charge in [0.15, 0.2) is 0 Å². The molecule has 0 unspecified atom stereocenters. The molecule has 3 aromatic carbocycles. The number of aryl methyl sites for hydroxylation is 4. The van der Waals surface area contributed by atoms with E-state index in [0.717, 1.165) is 12.8 Å². The molecular weight excluding hydrogens is 254 g/mol. The minimum absolute atomic E-state index is 1.16. The van der Waals surface area contributed by atoms with E-state index in [1.54, 1.807) is 0 Å². The second-order valence-electron chi connectivity index (χ2n) is 6.34. The first-order valence-corrected chi connectivity index (χ1v) is 7.69. The Kier molecular flexibility index (Phi) is 1.99. The number of aromatic nitrogens is 1. The van der Waals surface area contributed by atoms with E-state index in [1.165, 1.54) is 54.8 Å². The van der Waals surface area contributed by atoms with Gasteiger partial charge in [-0.2, -0.15) is 0 Å². The normalized spacial score (nSPS) is 13.8. The first kappa shape index (κ1) is 11.4. The summed E-state index contributed by atoms with van der Waals surface area (Å²) < 4.78 is 0. The third-order valence-corrected chi connectivity index (χ3v) is 5.25. The Morgan fingerprint density at radius 2 is 1.71 bits per heavy atom. The molecule has 1 heterocycles. The van der Waals surface area contributed by atoms with E-state index in [0.29, 0.717) is 0 Å². The highest BCUT2D eigenvalue weighted by Gasteiger charge is 2.18. The Balaban J connectivity index is 2.14. The molecule has 1 aliphatic rings. The van der Waals surface area contributed by atoms with Gasteiger partial charge in [-0.3, -0.25) is 0 Å². The second kappa shape index (κ2) is 3.67. The highest BCUT2D eigenvalue weighted by molar-refractivity contribution is 6.19. The summed E-state index contributed by atoms with van der Waals surface area (Å²) in [6, 6.07) is 13.7. The zero-order valence-electron chi connectivity index (χ0n) is 12.4. The quantitative estimate of drug-likeness (QED) is 0.424. The maximum atomic E-state index is 3.61. The van der Waals surface area contributed by atoms with Crippen LogP contribution in [0.25, 0.3) is 32.4 Å². The summed E-state index contributed by atoms with van der Waals surface area (Å²) in [5, 5.41) is 7.11. The Morgan fingerprint density at radius 3 is 2.62 bits per heavy atom. The van der Waals surface area contributed by atoms with Crippen LogP contribution in [-0.4, -0.2) is 4.98 Å². The maximum Gasteiger partial charge on any atom is 0.0538 e. The standard InChI is InChI=1S/C20H17N/c1-11-12(2)21-20-16-9-8-14-5-3-4-13-6-7-15(10-17(11)20)19(16)18(13)14/h3-5,8-10,21H,6-7H2,1-2H3. The van der Waals surface area contributed by atoms with Crippen molar-refractivity contribution in [2.24, 2.45) is 0 Å². The first-order chi connectivity index (χ1) is 10.2. The lowest BCUT2D eigenvalue weighted by molar-refractivity contribution is 0.970. The molecule has 0 aliphatic heterocycles. The van der Waals surface area contributed by atoms with Crippen molar-refractivity contribution >= 4 is 32.4 Å². The topological polar surface area (TPSA) is 15.8 Å². The lowest BCUT2D eigenvalue weighted by Gasteiger charge is -2.19. The van der Waals surface area contributed by atoms with Crippen molar-refractivity contribution in [3.63, 3.8) is 0 Å². The van der Waals surface area contributed by atoms with Gasteiger partial charge in [0.2, 0.25) is 0 Å². The molecule has 0 saturated heterocycles. The highest BCUT2D eigenvalue weighted by atomic mass is 14.7. The van der Waals surface area contributed by atoms with Crippen molar-refractivity contribution in [2.75, 3.05) is 0 Å². The molecule has 1 nitrogen and oxygen atoms in total. The van der Waals surface area contributed by atoms with Gasteiger partial charge in [-0.15, -0.1) is 0 Å². The summed E-state index contributed by atoms with van der Waals surface area (Å²) in [5.74, 6) is 0. The first-order valence-electron chi connectivity index (χ1n) is 7.69. The smallest absolute Gasteiger partial charge is 0.0538 e. The summed E-state index contributed by atoms with van der Waals surface area (Å²) in [6.45, 7) is 4.40. The number of fused-ring (bicyclic) bond motifs is 2. The van der Waals surface area contributed by atoms with Gasteiger partial charge in [-0.25, -0.2) is 0 Å². The minimum Gasteiger partial charge on any atom is -0.358 e. The molecule has 1 N–H and O–H groups in total. The second-order valence-corrected chi connectivity index (χ2v) is 6.34. The van der Waals surface area contributed by atoms with Gasteiger partial charge in [0.25, 0.3) is 0 Å². The number of rotatable bonds is 0. The molecular formula is C20H17N. The van der Waals surface area contributed by atoms with Gasteiger partial charge in [0, 0.05) is 16.5 Å². The van der Waals surface area contributed by atoms with Gasteiger partial charge in [-0.1, -0.05) is 30.3 Å². The van der Waals surface area contributed by atoms with Crippen LogP contribution in [0.3, 0.4) is 0 Å². The fraction of sp³-hybridized carbons (Fsp3) is 0.200. The van der Waals surface area contributed by atoms with Crippen LogP contribution in [0.4, 0.5) is 0 Å². The lowest BCUT2D eigenvalue weighted by atomic mass is 9.85. The van der Waals surface area contributed by atoms with Crippen molar-refractivity contribution < 1.29 is 0 Å². The van der Waals surface area contributed by atoms with E-state index in [2.05, 4.69) is 55.2 Å². The Bertz CT molecular complexity index is 1050. The zero-order valence-corrected chi connectivity index (χ0v) is 12.4. The van der Waals surface area contributed by atoms with E-state index in [-0.39, 0.29) is 0 Å². The fourth-order valence-electron chi connectivity index (χ4n) is 4.05. The Labute approximate surface area is 123 Å². The Morgan fingerprint density at radius 1 is 0.857 bits per heavy atom. The number of hydrogen-bond donors (Lipinski definition) is 1. The molecule has 0 saturated carbocycles. The average molecular weight is 271 g/mol. The van der Waals surface area contributed by atoms with E-state index in [9.17, 15) is 0 Å². The van der Waals surface area contributed by atoms with Crippen LogP contribution in [0.1, 0.15) is 22.4 Å². The van der Waals surface area contributed by atoms with Gasteiger partial charge < -0.3 is 4.98 Å². The molecule has 102 valence electrons. The molecule has 0 radical (unpaired) electrons. The number of aromatic amines is 1. The van der Waals surface area contributed by atoms with Crippen LogP contribution in [0, 0.1) is 13.8 Å². The van der Waals surface area contributed by atoms with Crippen LogP contribution in [0.5, 0.6) is 0 Å². The Hall–Kier alpha value is -2.28. The zero-order chi connectivity index (χ0) is 14.1. The molecule has 0 spiro atoms. The number of benzene rings is 3. The molecule has 1 heteroatoms. The predicted molar refractivity (Wildman–Crippen MR) is 90.2 cm³/mol. The molecule has 0 atom stereocenters. The van der Waals surface area contributed by atoms with Crippen LogP contribution in [0.2, 0.25) is 0 Å².